The summed E-state index contributed by atoms with van der Waals surface area (Å²) in [5, 5.41) is 4.30. The molecule has 0 saturated carbocycles. The van der Waals surface area contributed by atoms with Crippen LogP contribution in [0.3, 0.4) is 0 Å². The van der Waals surface area contributed by atoms with Gasteiger partial charge in [0.2, 0.25) is 0 Å². The molecule has 4 heteroatoms. The number of carbonyl (C=O) groups excluding carboxylic acids is 1. The summed E-state index contributed by atoms with van der Waals surface area (Å²) < 4.78 is 1.72. The highest BCUT2D eigenvalue weighted by Crippen LogP contribution is 2.16. The van der Waals surface area contributed by atoms with Crippen molar-refractivity contribution in [1.82, 2.24) is 9.78 Å². The molecule has 2 rings (SSSR count). The average molecular weight is 229 g/mol. The maximum Gasteiger partial charge on any atom is 0.153 e. The van der Waals surface area contributed by atoms with Crippen molar-refractivity contribution >= 4 is 12.0 Å². The van der Waals surface area contributed by atoms with Crippen LogP contribution in [0.5, 0.6) is 0 Å². The van der Waals surface area contributed by atoms with Gasteiger partial charge in [0.15, 0.2) is 6.29 Å². The lowest BCUT2D eigenvalue weighted by Crippen LogP contribution is -2.08. The van der Waals surface area contributed by atoms with Crippen LogP contribution in [0, 0.1) is 6.92 Å². The van der Waals surface area contributed by atoms with Crippen molar-refractivity contribution in [3.05, 3.63) is 41.7 Å². The van der Waals surface area contributed by atoms with E-state index in [4.69, 9.17) is 0 Å². The normalized spacial score (nSPS) is 10.3. The highest BCUT2D eigenvalue weighted by Gasteiger charge is 2.05. The van der Waals surface area contributed by atoms with Gasteiger partial charge in [-0.15, -0.1) is 0 Å². The molecule has 0 atom stereocenters. The largest absolute Gasteiger partial charge is 0.378 e. The number of aryl methyl sites for hydroxylation is 1. The van der Waals surface area contributed by atoms with Crippen LogP contribution < -0.4 is 4.90 Å². The van der Waals surface area contributed by atoms with Crippen LogP contribution in [0.4, 0.5) is 5.69 Å². The third-order valence-corrected chi connectivity index (χ3v) is 2.69. The zero-order chi connectivity index (χ0) is 12.4. The molecule has 1 heterocycles. The lowest BCUT2D eigenvalue weighted by molar-refractivity contribution is 0.112. The number of carbonyl (C=O) groups is 1. The second kappa shape index (κ2) is 4.41. The number of hydrogen-bond acceptors (Lipinski definition) is 3. The van der Waals surface area contributed by atoms with Gasteiger partial charge in [0.05, 0.1) is 16.9 Å². The molecule has 0 N–H and O–H groups in total. The number of hydrogen-bond donors (Lipinski definition) is 0. The predicted molar refractivity (Wildman–Crippen MR) is 68.0 cm³/mol. The number of aldehydes is 1. The Morgan fingerprint density at radius 2 is 1.88 bits per heavy atom. The minimum atomic E-state index is 0.627. The van der Waals surface area contributed by atoms with Crippen molar-refractivity contribution in [3.8, 4) is 5.69 Å². The van der Waals surface area contributed by atoms with E-state index in [-0.39, 0.29) is 0 Å². The van der Waals surface area contributed by atoms with Crippen LogP contribution in [-0.4, -0.2) is 30.2 Å². The van der Waals surface area contributed by atoms with Crippen molar-refractivity contribution in [3.63, 3.8) is 0 Å². The van der Waals surface area contributed by atoms with Gasteiger partial charge >= 0.3 is 0 Å². The molecule has 0 saturated heterocycles. The minimum Gasteiger partial charge on any atom is -0.378 e. The monoisotopic (exact) mass is 229 g/mol. The van der Waals surface area contributed by atoms with Crippen LogP contribution in [0.15, 0.2) is 30.5 Å². The predicted octanol–water partition coefficient (Wildman–Crippen LogP) is 2.06. The second-order valence-corrected chi connectivity index (χ2v) is 4.14. The third kappa shape index (κ3) is 2.20. The van der Waals surface area contributed by atoms with E-state index < -0.39 is 0 Å². The quantitative estimate of drug-likeness (QED) is 0.756. The van der Waals surface area contributed by atoms with Gasteiger partial charge in [0, 0.05) is 26.0 Å². The highest BCUT2D eigenvalue weighted by molar-refractivity contribution is 5.76. The number of anilines is 1. The topological polar surface area (TPSA) is 38.1 Å². The molecule has 88 valence electrons. The molecule has 1 aromatic heterocycles. The van der Waals surface area contributed by atoms with Gasteiger partial charge in [-0.3, -0.25) is 4.79 Å². The fourth-order valence-corrected chi connectivity index (χ4v) is 1.62. The van der Waals surface area contributed by atoms with Crippen molar-refractivity contribution in [1.29, 1.82) is 0 Å². The molecule has 0 aliphatic rings. The number of benzene rings is 1. The first kappa shape index (κ1) is 11.4. The maximum absolute atomic E-state index is 10.8. The smallest absolute Gasteiger partial charge is 0.153 e. The molecule has 0 amide bonds. The van der Waals surface area contributed by atoms with Gasteiger partial charge in [-0.2, -0.15) is 5.10 Å². The van der Waals surface area contributed by atoms with Crippen molar-refractivity contribution in [2.45, 2.75) is 6.92 Å². The molecule has 0 spiro atoms. The summed E-state index contributed by atoms with van der Waals surface area (Å²) in [4.78, 5) is 12.8. The zero-order valence-corrected chi connectivity index (χ0v) is 10.2. The Bertz CT molecular complexity index is 526. The second-order valence-electron chi connectivity index (χ2n) is 4.14. The first-order chi connectivity index (χ1) is 8.11. The summed E-state index contributed by atoms with van der Waals surface area (Å²) in [5.74, 6) is 0. The molecule has 2 aromatic rings. The molecule has 0 radical (unpaired) electrons. The van der Waals surface area contributed by atoms with E-state index in [2.05, 4.69) is 5.10 Å². The summed E-state index contributed by atoms with van der Waals surface area (Å²) in [6.07, 6.45) is 2.57. The van der Waals surface area contributed by atoms with E-state index in [1.54, 1.807) is 10.9 Å². The Morgan fingerprint density at radius 3 is 2.35 bits per heavy atom. The Morgan fingerprint density at radius 1 is 1.24 bits per heavy atom. The van der Waals surface area contributed by atoms with E-state index in [0.29, 0.717) is 5.56 Å². The van der Waals surface area contributed by atoms with Gasteiger partial charge in [-0.25, -0.2) is 4.68 Å². The Balaban J connectivity index is 2.36. The van der Waals surface area contributed by atoms with Crippen LogP contribution >= 0.6 is 0 Å². The fourth-order valence-electron chi connectivity index (χ4n) is 1.62. The summed E-state index contributed by atoms with van der Waals surface area (Å²) >= 11 is 0. The van der Waals surface area contributed by atoms with Crippen LogP contribution in [0.25, 0.3) is 5.69 Å². The van der Waals surface area contributed by atoms with E-state index in [1.165, 1.54) is 0 Å². The van der Waals surface area contributed by atoms with Crippen molar-refractivity contribution in [2.75, 3.05) is 19.0 Å². The molecule has 0 bridgehead atoms. The first-order valence-corrected chi connectivity index (χ1v) is 5.41. The zero-order valence-electron chi connectivity index (χ0n) is 10.2. The first-order valence-electron chi connectivity index (χ1n) is 5.41. The number of nitrogens with zero attached hydrogens (tertiary/aromatic N) is 3. The lowest BCUT2D eigenvalue weighted by atomic mass is 10.2. The number of rotatable bonds is 3. The van der Waals surface area contributed by atoms with Crippen LogP contribution in [0.1, 0.15) is 16.1 Å². The Hall–Kier alpha value is -2.10. The number of aromatic nitrogens is 2. The standard InChI is InChI=1S/C13H15N3O/c1-10-11(9-17)8-16(14-10)13-6-4-12(5-7-13)15(2)3/h4-9H,1-3H3. The molecule has 0 aliphatic heterocycles. The summed E-state index contributed by atoms with van der Waals surface area (Å²) in [6.45, 7) is 1.83. The molecule has 1 aromatic carbocycles. The van der Waals surface area contributed by atoms with Crippen molar-refractivity contribution in [2.24, 2.45) is 0 Å². The summed E-state index contributed by atoms with van der Waals surface area (Å²) in [5.41, 5.74) is 3.46. The van der Waals surface area contributed by atoms with Crippen molar-refractivity contribution < 1.29 is 4.79 Å². The SMILES string of the molecule is Cc1nn(-c2ccc(N(C)C)cc2)cc1C=O. The summed E-state index contributed by atoms with van der Waals surface area (Å²) in [7, 11) is 4.00. The van der Waals surface area contributed by atoms with E-state index in [0.717, 1.165) is 23.4 Å². The highest BCUT2D eigenvalue weighted by atomic mass is 16.1. The molecule has 0 fully saturated rings. The maximum atomic E-state index is 10.8. The molecule has 0 aliphatic carbocycles. The molecule has 0 unspecified atom stereocenters. The van der Waals surface area contributed by atoms with Gasteiger partial charge in [0.25, 0.3) is 0 Å². The Kier molecular flexibility index (Phi) is 2.95. The van der Waals surface area contributed by atoms with Crippen LogP contribution in [-0.2, 0) is 0 Å². The molecule has 4 nitrogen and oxygen atoms in total. The van der Waals surface area contributed by atoms with Gasteiger partial charge in [0.1, 0.15) is 0 Å². The fraction of sp³-hybridized carbons (Fsp3) is 0.231. The van der Waals surface area contributed by atoms with E-state index in [9.17, 15) is 4.79 Å². The van der Waals surface area contributed by atoms with E-state index in [1.807, 2.05) is 50.2 Å². The molecule has 17 heavy (non-hydrogen) atoms. The van der Waals surface area contributed by atoms with E-state index >= 15 is 0 Å². The van der Waals surface area contributed by atoms with Gasteiger partial charge < -0.3 is 4.90 Å². The third-order valence-electron chi connectivity index (χ3n) is 2.69. The van der Waals surface area contributed by atoms with Gasteiger partial charge in [-0.1, -0.05) is 0 Å². The molecular formula is C13H15N3O. The van der Waals surface area contributed by atoms with Crippen LogP contribution in [0.2, 0.25) is 0 Å². The lowest BCUT2D eigenvalue weighted by Gasteiger charge is -2.12. The minimum absolute atomic E-state index is 0.627. The molecular weight excluding hydrogens is 214 g/mol. The Labute approximate surface area is 100 Å². The van der Waals surface area contributed by atoms with Gasteiger partial charge in [-0.05, 0) is 31.2 Å². The average Bonchev–Trinajstić information content (AvgIpc) is 2.70. The summed E-state index contributed by atoms with van der Waals surface area (Å²) in [6, 6.07) is 8.01.